The molecule has 1 unspecified atom stereocenters. The van der Waals surface area contributed by atoms with Crippen molar-refractivity contribution >= 4 is 5.69 Å². The first-order valence-electron chi connectivity index (χ1n) is 8.06. The predicted molar refractivity (Wildman–Crippen MR) is 93.2 cm³/mol. The van der Waals surface area contributed by atoms with Gasteiger partial charge in [0.2, 0.25) is 0 Å². The molecule has 3 rings (SSSR count). The van der Waals surface area contributed by atoms with Crippen molar-refractivity contribution < 1.29 is 9.47 Å². The van der Waals surface area contributed by atoms with Crippen molar-refractivity contribution in [2.75, 3.05) is 38.7 Å². The Bertz CT molecular complexity index is 610. The second kappa shape index (κ2) is 7.49. The molecular formula is C19H24N2O2. The highest BCUT2D eigenvalue weighted by Gasteiger charge is 2.28. The number of anilines is 1. The zero-order chi connectivity index (χ0) is 16.1. The Hall–Kier alpha value is -2.04. The lowest BCUT2D eigenvalue weighted by atomic mass is 10.0. The summed E-state index contributed by atoms with van der Waals surface area (Å²) in [5.41, 5.74) is 2.20. The molecule has 1 fully saturated rings. The van der Waals surface area contributed by atoms with E-state index in [4.69, 9.17) is 9.47 Å². The highest BCUT2D eigenvalue weighted by molar-refractivity contribution is 5.57. The Kier molecular flexibility index (Phi) is 5.16. The standard InChI is InChI=1S/C19H24N2O2/c1-21(2)16-10-6-7-11-17(16)23-19(15-8-4-3-5-9-15)18-14-20-12-13-22-18/h3-11,18-20H,12-14H2,1-2H3/t18-,19?/m0/s1. The summed E-state index contributed by atoms with van der Waals surface area (Å²) in [6.45, 7) is 2.41. The quantitative estimate of drug-likeness (QED) is 0.920. The predicted octanol–water partition coefficient (Wildman–Crippen LogP) is 2.86. The molecular weight excluding hydrogens is 288 g/mol. The third-order valence-electron chi connectivity index (χ3n) is 4.02. The summed E-state index contributed by atoms with van der Waals surface area (Å²) < 4.78 is 12.4. The van der Waals surface area contributed by atoms with Gasteiger partial charge in [0.1, 0.15) is 11.9 Å². The van der Waals surface area contributed by atoms with E-state index in [-0.39, 0.29) is 12.2 Å². The summed E-state index contributed by atoms with van der Waals surface area (Å²) in [4.78, 5) is 2.07. The van der Waals surface area contributed by atoms with E-state index in [1.807, 2.05) is 50.5 Å². The van der Waals surface area contributed by atoms with Gasteiger partial charge in [-0.1, -0.05) is 42.5 Å². The molecule has 0 spiro atoms. The first-order chi connectivity index (χ1) is 11.3. The van der Waals surface area contributed by atoms with Gasteiger partial charge in [-0.2, -0.15) is 0 Å². The Labute approximate surface area is 138 Å². The van der Waals surface area contributed by atoms with Crippen LogP contribution in [-0.4, -0.2) is 39.9 Å². The fourth-order valence-electron chi connectivity index (χ4n) is 2.84. The molecule has 0 amide bonds. The van der Waals surface area contributed by atoms with E-state index in [0.717, 1.165) is 30.1 Å². The van der Waals surface area contributed by atoms with Gasteiger partial charge in [0.25, 0.3) is 0 Å². The van der Waals surface area contributed by atoms with Crippen molar-refractivity contribution in [3.05, 3.63) is 60.2 Å². The van der Waals surface area contributed by atoms with Crippen molar-refractivity contribution in [1.82, 2.24) is 5.32 Å². The topological polar surface area (TPSA) is 33.7 Å². The lowest BCUT2D eigenvalue weighted by Crippen LogP contribution is -2.43. The number of ether oxygens (including phenoxy) is 2. The largest absolute Gasteiger partial charge is 0.481 e. The number of para-hydroxylation sites is 2. The zero-order valence-corrected chi connectivity index (χ0v) is 13.7. The number of rotatable bonds is 5. The van der Waals surface area contributed by atoms with Crippen LogP contribution >= 0.6 is 0 Å². The summed E-state index contributed by atoms with van der Waals surface area (Å²) in [5, 5.41) is 3.39. The lowest BCUT2D eigenvalue weighted by molar-refractivity contribution is -0.0430. The van der Waals surface area contributed by atoms with Gasteiger partial charge in [-0.3, -0.25) is 0 Å². The molecule has 0 aromatic heterocycles. The van der Waals surface area contributed by atoms with Crippen molar-refractivity contribution in [2.24, 2.45) is 0 Å². The maximum absolute atomic E-state index is 6.43. The normalized spacial score (nSPS) is 19.1. The van der Waals surface area contributed by atoms with Crippen molar-refractivity contribution in [3.8, 4) is 5.75 Å². The molecule has 1 N–H and O–H groups in total. The monoisotopic (exact) mass is 312 g/mol. The number of morpholine rings is 1. The van der Waals surface area contributed by atoms with Gasteiger partial charge >= 0.3 is 0 Å². The molecule has 4 nitrogen and oxygen atoms in total. The first kappa shape index (κ1) is 15.8. The minimum Gasteiger partial charge on any atom is -0.481 e. The molecule has 2 aromatic carbocycles. The van der Waals surface area contributed by atoms with E-state index < -0.39 is 0 Å². The van der Waals surface area contributed by atoms with Crippen molar-refractivity contribution in [3.63, 3.8) is 0 Å². The van der Waals surface area contributed by atoms with E-state index in [0.29, 0.717) is 6.61 Å². The molecule has 0 saturated carbocycles. The molecule has 122 valence electrons. The SMILES string of the molecule is CN(C)c1ccccc1OC(c1ccccc1)[C@@H]1CNCCO1. The maximum atomic E-state index is 6.43. The zero-order valence-electron chi connectivity index (χ0n) is 13.7. The van der Waals surface area contributed by atoms with Gasteiger partial charge in [-0.25, -0.2) is 0 Å². The summed E-state index contributed by atoms with van der Waals surface area (Å²) in [5.74, 6) is 0.875. The smallest absolute Gasteiger partial charge is 0.151 e. The minimum atomic E-state index is -0.134. The molecule has 2 atom stereocenters. The van der Waals surface area contributed by atoms with Crippen LogP contribution in [0.4, 0.5) is 5.69 Å². The van der Waals surface area contributed by atoms with E-state index in [1.165, 1.54) is 0 Å². The van der Waals surface area contributed by atoms with E-state index >= 15 is 0 Å². The molecule has 4 heteroatoms. The molecule has 2 aromatic rings. The van der Waals surface area contributed by atoms with Crippen LogP contribution in [0.1, 0.15) is 11.7 Å². The first-order valence-corrected chi connectivity index (χ1v) is 8.06. The summed E-state index contributed by atoms with van der Waals surface area (Å²) in [6.07, 6.45) is -0.133. The number of nitrogens with one attached hydrogen (secondary N) is 1. The average Bonchev–Trinajstić information content (AvgIpc) is 2.61. The molecule has 1 aliphatic heterocycles. The van der Waals surface area contributed by atoms with E-state index in [2.05, 4.69) is 28.4 Å². The molecule has 0 aliphatic carbocycles. The fourth-order valence-corrected chi connectivity index (χ4v) is 2.84. The number of nitrogens with zero attached hydrogens (tertiary/aromatic N) is 1. The van der Waals surface area contributed by atoms with E-state index in [1.54, 1.807) is 0 Å². The highest BCUT2D eigenvalue weighted by atomic mass is 16.5. The Balaban J connectivity index is 1.90. The van der Waals surface area contributed by atoms with Crippen LogP contribution in [0, 0.1) is 0 Å². The van der Waals surface area contributed by atoms with Gasteiger partial charge < -0.3 is 19.7 Å². The Morgan fingerprint density at radius 2 is 1.83 bits per heavy atom. The number of hydrogen-bond donors (Lipinski definition) is 1. The second-order valence-electron chi connectivity index (χ2n) is 5.92. The highest BCUT2D eigenvalue weighted by Crippen LogP contribution is 2.33. The molecule has 0 bridgehead atoms. The summed E-state index contributed by atoms with van der Waals surface area (Å²) in [7, 11) is 4.05. The lowest BCUT2D eigenvalue weighted by Gasteiger charge is -2.32. The van der Waals surface area contributed by atoms with Gasteiger partial charge in [0.05, 0.1) is 12.3 Å². The third kappa shape index (κ3) is 3.84. The molecule has 23 heavy (non-hydrogen) atoms. The summed E-state index contributed by atoms with van der Waals surface area (Å²) >= 11 is 0. The van der Waals surface area contributed by atoms with Gasteiger partial charge in [0, 0.05) is 27.2 Å². The second-order valence-corrected chi connectivity index (χ2v) is 5.92. The fraction of sp³-hybridized carbons (Fsp3) is 0.368. The van der Waals surface area contributed by atoms with Crippen molar-refractivity contribution in [1.29, 1.82) is 0 Å². The van der Waals surface area contributed by atoms with Gasteiger partial charge in [-0.05, 0) is 17.7 Å². The molecule has 0 radical (unpaired) electrons. The van der Waals surface area contributed by atoms with Crippen LogP contribution in [0.25, 0.3) is 0 Å². The van der Waals surface area contributed by atoms with Crippen molar-refractivity contribution in [2.45, 2.75) is 12.2 Å². The number of benzene rings is 2. The molecule has 1 saturated heterocycles. The third-order valence-corrected chi connectivity index (χ3v) is 4.02. The van der Waals surface area contributed by atoms with Crippen LogP contribution in [0.15, 0.2) is 54.6 Å². The van der Waals surface area contributed by atoms with E-state index in [9.17, 15) is 0 Å². The Morgan fingerprint density at radius 1 is 1.09 bits per heavy atom. The van der Waals surface area contributed by atoms with Crippen LogP contribution in [-0.2, 0) is 4.74 Å². The Morgan fingerprint density at radius 3 is 2.52 bits per heavy atom. The van der Waals surface area contributed by atoms with Gasteiger partial charge in [0.15, 0.2) is 6.10 Å². The van der Waals surface area contributed by atoms with Crippen LogP contribution in [0.2, 0.25) is 0 Å². The summed E-state index contributed by atoms with van der Waals surface area (Å²) in [6, 6.07) is 18.4. The molecule has 1 heterocycles. The average molecular weight is 312 g/mol. The maximum Gasteiger partial charge on any atom is 0.151 e. The van der Waals surface area contributed by atoms with Crippen LogP contribution in [0.5, 0.6) is 5.75 Å². The van der Waals surface area contributed by atoms with Crippen LogP contribution in [0.3, 0.4) is 0 Å². The minimum absolute atomic E-state index is 0.00127. The van der Waals surface area contributed by atoms with Crippen LogP contribution < -0.4 is 15.0 Å². The molecule has 1 aliphatic rings. The van der Waals surface area contributed by atoms with Gasteiger partial charge in [-0.15, -0.1) is 0 Å². The number of hydrogen-bond acceptors (Lipinski definition) is 4.